The number of hydrogen-bond acceptors (Lipinski definition) is 4. The second kappa shape index (κ2) is 7.60. The number of hydrogen-bond donors (Lipinski definition) is 1. The van der Waals surface area contributed by atoms with Crippen LogP contribution in [0.25, 0.3) is 0 Å². The van der Waals surface area contributed by atoms with Crippen molar-refractivity contribution in [1.82, 2.24) is 0 Å². The summed E-state index contributed by atoms with van der Waals surface area (Å²) in [6.07, 6.45) is 1.41. The van der Waals surface area contributed by atoms with Gasteiger partial charge in [0.2, 0.25) is 0 Å². The summed E-state index contributed by atoms with van der Waals surface area (Å²) >= 11 is 0. The Hall–Kier alpha value is -3.13. The van der Waals surface area contributed by atoms with Crippen LogP contribution < -0.4 is 9.62 Å². The molecule has 0 saturated heterocycles. The number of anilines is 2. The quantitative estimate of drug-likeness (QED) is 0.667. The minimum Gasteiger partial charge on any atom is -0.466 e. The number of nitrogens with zero attached hydrogens (tertiary/aromatic N) is 1. The second-order valence-electron chi connectivity index (χ2n) is 7.26. The second-order valence-corrected chi connectivity index (χ2v) is 9.12. The van der Waals surface area contributed by atoms with E-state index in [-0.39, 0.29) is 10.8 Å². The molecule has 30 heavy (non-hydrogen) atoms. The fraction of sp³-hybridized carbons (Fsp3) is 0.227. The number of fused-ring (bicyclic) bond motifs is 1. The summed E-state index contributed by atoms with van der Waals surface area (Å²) in [5, 5.41) is 2.81. The SMILES string of the molecule is Cc1cc(C(=O)Nc2ccc3c(c2)N(S(=O)(=O)c2ccc(F)cc2)CCC3)c(C)o1. The van der Waals surface area contributed by atoms with Gasteiger partial charge in [-0.3, -0.25) is 9.10 Å². The molecule has 8 heteroatoms. The van der Waals surface area contributed by atoms with Crippen LogP contribution in [0.1, 0.15) is 33.9 Å². The average Bonchev–Trinajstić information content (AvgIpc) is 3.06. The molecule has 0 bridgehead atoms. The van der Waals surface area contributed by atoms with E-state index in [4.69, 9.17) is 4.42 Å². The molecule has 1 aromatic heterocycles. The highest BCUT2D eigenvalue weighted by molar-refractivity contribution is 7.92. The molecule has 1 aliphatic rings. The molecular weight excluding hydrogens is 407 g/mol. The summed E-state index contributed by atoms with van der Waals surface area (Å²) in [7, 11) is -3.85. The van der Waals surface area contributed by atoms with Gasteiger partial charge in [0.1, 0.15) is 17.3 Å². The Morgan fingerprint density at radius 3 is 2.50 bits per heavy atom. The molecule has 4 rings (SSSR count). The molecule has 156 valence electrons. The first kappa shape index (κ1) is 20.2. The van der Waals surface area contributed by atoms with Crippen molar-refractivity contribution in [3.8, 4) is 0 Å². The average molecular weight is 428 g/mol. The Labute approximate surface area is 174 Å². The van der Waals surface area contributed by atoms with Gasteiger partial charge in [0.25, 0.3) is 15.9 Å². The first-order valence-electron chi connectivity index (χ1n) is 9.55. The van der Waals surface area contributed by atoms with Crippen LogP contribution in [-0.4, -0.2) is 20.9 Å². The van der Waals surface area contributed by atoms with Crippen molar-refractivity contribution in [1.29, 1.82) is 0 Å². The van der Waals surface area contributed by atoms with Crippen LogP contribution in [0.2, 0.25) is 0 Å². The van der Waals surface area contributed by atoms with Crippen molar-refractivity contribution in [2.24, 2.45) is 0 Å². The molecule has 0 atom stereocenters. The van der Waals surface area contributed by atoms with Gasteiger partial charge in [0.05, 0.1) is 16.1 Å². The molecule has 0 fully saturated rings. The number of aryl methyl sites for hydroxylation is 3. The molecule has 1 N–H and O–H groups in total. The lowest BCUT2D eigenvalue weighted by atomic mass is 10.0. The molecule has 2 heterocycles. The smallest absolute Gasteiger partial charge is 0.264 e. The van der Waals surface area contributed by atoms with Crippen molar-refractivity contribution in [3.05, 3.63) is 77.0 Å². The van der Waals surface area contributed by atoms with Crippen LogP contribution in [0.4, 0.5) is 15.8 Å². The van der Waals surface area contributed by atoms with Crippen LogP contribution in [0, 0.1) is 19.7 Å². The summed E-state index contributed by atoms with van der Waals surface area (Å²) < 4.78 is 46.3. The number of amides is 1. The zero-order chi connectivity index (χ0) is 21.5. The normalized spacial score (nSPS) is 13.8. The van der Waals surface area contributed by atoms with Crippen molar-refractivity contribution in [2.75, 3.05) is 16.2 Å². The van der Waals surface area contributed by atoms with Crippen LogP contribution in [-0.2, 0) is 16.4 Å². The number of carbonyl (C=O) groups is 1. The molecule has 0 aliphatic carbocycles. The highest BCUT2D eigenvalue weighted by Gasteiger charge is 2.29. The maximum atomic E-state index is 13.2. The van der Waals surface area contributed by atoms with Gasteiger partial charge in [0, 0.05) is 12.2 Å². The minimum absolute atomic E-state index is 0.0238. The molecule has 2 aromatic carbocycles. The fourth-order valence-electron chi connectivity index (χ4n) is 3.66. The van der Waals surface area contributed by atoms with E-state index in [0.717, 1.165) is 24.1 Å². The molecule has 1 amide bonds. The van der Waals surface area contributed by atoms with Crippen LogP contribution in [0.3, 0.4) is 0 Å². The number of benzene rings is 2. The van der Waals surface area contributed by atoms with Gasteiger partial charge >= 0.3 is 0 Å². The maximum Gasteiger partial charge on any atom is 0.264 e. The Morgan fingerprint density at radius 1 is 1.10 bits per heavy atom. The van der Waals surface area contributed by atoms with Gasteiger partial charge in [-0.2, -0.15) is 0 Å². The summed E-state index contributed by atoms with van der Waals surface area (Å²) in [5.74, 6) is 0.332. The van der Waals surface area contributed by atoms with E-state index in [2.05, 4.69) is 5.32 Å². The Balaban J connectivity index is 1.67. The van der Waals surface area contributed by atoms with Gasteiger partial charge in [-0.1, -0.05) is 6.07 Å². The van der Waals surface area contributed by atoms with Crippen molar-refractivity contribution >= 4 is 27.3 Å². The van der Waals surface area contributed by atoms with E-state index in [9.17, 15) is 17.6 Å². The highest BCUT2D eigenvalue weighted by Crippen LogP contribution is 2.34. The third-order valence-corrected chi connectivity index (χ3v) is 6.93. The van der Waals surface area contributed by atoms with E-state index in [1.165, 1.54) is 16.4 Å². The molecular formula is C22H21FN2O4S. The highest BCUT2D eigenvalue weighted by atomic mass is 32.2. The zero-order valence-corrected chi connectivity index (χ0v) is 17.4. The summed E-state index contributed by atoms with van der Waals surface area (Å²) in [4.78, 5) is 12.6. The van der Waals surface area contributed by atoms with Gasteiger partial charge in [-0.25, -0.2) is 12.8 Å². The zero-order valence-electron chi connectivity index (χ0n) is 16.6. The molecule has 6 nitrogen and oxygen atoms in total. The summed E-state index contributed by atoms with van der Waals surface area (Å²) in [6.45, 7) is 3.79. The lowest BCUT2D eigenvalue weighted by Gasteiger charge is -2.31. The Kier molecular flexibility index (Phi) is 5.11. The van der Waals surface area contributed by atoms with E-state index in [1.54, 1.807) is 32.0 Å². The number of carbonyl (C=O) groups excluding carboxylic acids is 1. The van der Waals surface area contributed by atoms with E-state index in [1.807, 2.05) is 6.07 Å². The maximum absolute atomic E-state index is 13.2. The first-order chi connectivity index (χ1) is 14.3. The molecule has 0 saturated carbocycles. The van der Waals surface area contributed by atoms with E-state index in [0.29, 0.717) is 41.4 Å². The fourth-order valence-corrected chi connectivity index (χ4v) is 5.19. The summed E-state index contributed by atoms with van der Waals surface area (Å²) in [5.41, 5.74) is 2.31. The van der Waals surface area contributed by atoms with Crippen LogP contribution in [0.15, 0.2) is 57.8 Å². The molecule has 0 radical (unpaired) electrons. The standard InChI is InChI=1S/C22H21FN2O4S/c1-14-12-20(15(2)29-14)22(26)24-18-8-5-16-4-3-11-25(21(16)13-18)30(27,28)19-9-6-17(23)7-10-19/h5-10,12-13H,3-4,11H2,1-2H3,(H,24,26). The minimum atomic E-state index is -3.85. The number of rotatable bonds is 4. The third-order valence-electron chi connectivity index (χ3n) is 5.11. The first-order valence-corrected chi connectivity index (χ1v) is 11.0. The molecule has 0 unspecified atom stereocenters. The van der Waals surface area contributed by atoms with Gasteiger partial charge < -0.3 is 9.73 Å². The Morgan fingerprint density at radius 2 is 1.83 bits per heavy atom. The predicted molar refractivity (Wildman–Crippen MR) is 112 cm³/mol. The van der Waals surface area contributed by atoms with E-state index < -0.39 is 15.8 Å². The number of nitrogens with one attached hydrogen (secondary N) is 1. The largest absolute Gasteiger partial charge is 0.466 e. The third kappa shape index (κ3) is 3.70. The molecule has 0 spiro atoms. The van der Waals surface area contributed by atoms with Crippen LogP contribution in [0.5, 0.6) is 0 Å². The number of halogens is 1. The van der Waals surface area contributed by atoms with Crippen molar-refractivity contribution in [3.63, 3.8) is 0 Å². The predicted octanol–water partition coefficient (Wildman–Crippen LogP) is 4.43. The molecule has 1 aliphatic heterocycles. The molecule has 3 aromatic rings. The Bertz CT molecular complexity index is 1220. The van der Waals surface area contributed by atoms with E-state index >= 15 is 0 Å². The lowest BCUT2D eigenvalue weighted by Crippen LogP contribution is -2.35. The van der Waals surface area contributed by atoms with Crippen molar-refractivity contribution in [2.45, 2.75) is 31.6 Å². The number of sulfonamides is 1. The topological polar surface area (TPSA) is 79.6 Å². The van der Waals surface area contributed by atoms with Gasteiger partial charge in [0.15, 0.2) is 0 Å². The van der Waals surface area contributed by atoms with Gasteiger partial charge in [-0.05, 0) is 74.7 Å². The van der Waals surface area contributed by atoms with Gasteiger partial charge in [-0.15, -0.1) is 0 Å². The lowest BCUT2D eigenvalue weighted by molar-refractivity contribution is 0.102. The van der Waals surface area contributed by atoms with Crippen LogP contribution >= 0.6 is 0 Å². The summed E-state index contributed by atoms with van der Waals surface area (Å²) in [6, 6.07) is 11.7. The van der Waals surface area contributed by atoms with Crippen molar-refractivity contribution < 1.29 is 22.0 Å². The monoisotopic (exact) mass is 428 g/mol. The number of furan rings is 1.